The standard InChI is InChI=1S/C20H21F3N4OS/c1-18(2)13-7-8-19(18,3)16-15(13)26-27-17(25-16)29-10-14(28)24-12-6-4-5-11(9-12)20(21,22)23/h4-6,9,13H,7-8,10H2,1-3H3,(H,24,28). The van der Waals surface area contributed by atoms with Crippen LogP contribution in [0.3, 0.4) is 0 Å². The van der Waals surface area contributed by atoms with Gasteiger partial charge in [0.2, 0.25) is 11.1 Å². The number of hydrogen-bond acceptors (Lipinski definition) is 5. The van der Waals surface area contributed by atoms with Crippen molar-refractivity contribution in [2.75, 3.05) is 11.1 Å². The van der Waals surface area contributed by atoms with E-state index in [1.165, 1.54) is 12.1 Å². The van der Waals surface area contributed by atoms with Crippen LogP contribution in [0.2, 0.25) is 0 Å². The fourth-order valence-corrected chi connectivity index (χ4v) is 5.11. The van der Waals surface area contributed by atoms with Crippen molar-refractivity contribution in [3.05, 3.63) is 41.2 Å². The number of alkyl halides is 3. The maximum absolute atomic E-state index is 12.8. The number of benzene rings is 1. The van der Waals surface area contributed by atoms with Crippen LogP contribution in [0.4, 0.5) is 18.9 Å². The van der Waals surface area contributed by atoms with Gasteiger partial charge < -0.3 is 5.32 Å². The predicted octanol–water partition coefficient (Wildman–Crippen LogP) is 4.80. The zero-order valence-electron chi connectivity index (χ0n) is 16.3. The predicted molar refractivity (Wildman–Crippen MR) is 104 cm³/mol. The number of thioether (sulfide) groups is 1. The smallest absolute Gasteiger partial charge is 0.325 e. The molecule has 1 heterocycles. The van der Waals surface area contributed by atoms with E-state index in [0.717, 1.165) is 48.1 Å². The second kappa shape index (κ2) is 6.68. The summed E-state index contributed by atoms with van der Waals surface area (Å²) in [4.78, 5) is 16.9. The van der Waals surface area contributed by atoms with Crippen LogP contribution in [-0.4, -0.2) is 26.8 Å². The van der Waals surface area contributed by atoms with Crippen molar-refractivity contribution in [3.63, 3.8) is 0 Å². The number of anilines is 1. The third-order valence-corrected chi connectivity index (χ3v) is 7.42. The number of fused-ring (bicyclic) bond motifs is 5. The highest BCUT2D eigenvalue weighted by Crippen LogP contribution is 2.66. The molecule has 0 radical (unpaired) electrons. The first kappa shape index (κ1) is 20.1. The molecule has 2 aliphatic rings. The van der Waals surface area contributed by atoms with E-state index in [1.54, 1.807) is 0 Å². The fourth-order valence-electron chi connectivity index (χ4n) is 4.52. The van der Waals surface area contributed by atoms with E-state index < -0.39 is 17.6 Å². The van der Waals surface area contributed by atoms with Crippen LogP contribution in [0.1, 0.15) is 56.5 Å². The monoisotopic (exact) mass is 422 g/mol. The van der Waals surface area contributed by atoms with Crippen molar-refractivity contribution in [3.8, 4) is 0 Å². The Morgan fingerprint density at radius 3 is 2.76 bits per heavy atom. The first-order chi connectivity index (χ1) is 13.5. The van der Waals surface area contributed by atoms with E-state index in [-0.39, 0.29) is 22.3 Å². The quantitative estimate of drug-likeness (QED) is 0.717. The van der Waals surface area contributed by atoms with Crippen LogP contribution in [0.5, 0.6) is 0 Å². The average molecular weight is 422 g/mol. The highest BCUT2D eigenvalue weighted by atomic mass is 32.2. The largest absolute Gasteiger partial charge is 0.416 e. The van der Waals surface area contributed by atoms with Gasteiger partial charge in [-0.05, 0) is 36.5 Å². The lowest BCUT2D eigenvalue weighted by Gasteiger charge is -2.33. The van der Waals surface area contributed by atoms with Crippen LogP contribution in [-0.2, 0) is 16.4 Å². The molecular formula is C20H21F3N4OS. The number of rotatable bonds is 4. The molecule has 1 N–H and O–H groups in total. The number of halogens is 3. The zero-order valence-corrected chi connectivity index (χ0v) is 17.1. The van der Waals surface area contributed by atoms with Gasteiger partial charge in [0.15, 0.2) is 0 Å². The van der Waals surface area contributed by atoms with Crippen molar-refractivity contribution < 1.29 is 18.0 Å². The Morgan fingerprint density at radius 1 is 1.28 bits per heavy atom. The molecule has 2 bridgehead atoms. The molecule has 29 heavy (non-hydrogen) atoms. The topological polar surface area (TPSA) is 67.8 Å². The van der Waals surface area contributed by atoms with Crippen LogP contribution in [0.15, 0.2) is 29.4 Å². The Balaban J connectivity index is 1.43. The minimum atomic E-state index is -4.46. The Bertz CT molecular complexity index is 978. The van der Waals surface area contributed by atoms with Crippen molar-refractivity contribution in [2.45, 2.75) is 56.3 Å². The Hall–Kier alpha value is -2.16. The summed E-state index contributed by atoms with van der Waals surface area (Å²) < 4.78 is 38.4. The van der Waals surface area contributed by atoms with Crippen molar-refractivity contribution >= 4 is 23.4 Å². The minimum absolute atomic E-state index is 0.0136. The molecule has 1 amide bonds. The first-order valence-electron chi connectivity index (χ1n) is 9.37. The molecule has 2 aromatic rings. The highest BCUT2D eigenvalue weighted by molar-refractivity contribution is 7.99. The Labute approximate surface area is 170 Å². The molecule has 1 saturated carbocycles. The lowest BCUT2D eigenvalue weighted by molar-refractivity contribution is -0.137. The summed E-state index contributed by atoms with van der Waals surface area (Å²) in [6.45, 7) is 6.69. The van der Waals surface area contributed by atoms with E-state index in [2.05, 4.69) is 41.3 Å². The maximum atomic E-state index is 12.8. The molecule has 2 atom stereocenters. The Kier molecular flexibility index (Phi) is 4.64. The van der Waals surface area contributed by atoms with Gasteiger partial charge in [-0.25, -0.2) is 4.98 Å². The second-order valence-corrected chi connectivity index (χ2v) is 9.33. The van der Waals surface area contributed by atoms with Gasteiger partial charge in [0, 0.05) is 17.0 Å². The van der Waals surface area contributed by atoms with Gasteiger partial charge in [-0.1, -0.05) is 38.6 Å². The zero-order chi connectivity index (χ0) is 21.0. The van der Waals surface area contributed by atoms with E-state index in [0.29, 0.717) is 11.1 Å². The molecule has 0 aliphatic heterocycles. The van der Waals surface area contributed by atoms with E-state index in [9.17, 15) is 18.0 Å². The van der Waals surface area contributed by atoms with Gasteiger partial charge in [0.25, 0.3) is 0 Å². The summed E-state index contributed by atoms with van der Waals surface area (Å²) in [5.41, 5.74) is 1.24. The summed E-state index contributed by atoms with van der Waals surface area (Å²) in [6, 6.07) is 4.56. The molecule has 0 spiro atoms. The molecule has 5 nitrogen and oxygen atoms in total. The van der Waals surface area contributed by atoms with Crippen molar-refractivity contribution in [1.82, 2.24) is 15.2 Å². The number of carbonyl (C=O) groups excluding carboxylic acids is 1. The van der Waals surface area contributed by atoms with Gasteiger partial charge in [0.1, 0.15) is 0 Å². The number of aromatic nitrogens is 3. The van der Waals surface area contributed by atoms with Gasteiger partial charge >= 0.3 is 6.18 Å². The van der Waals surface area contributed by atoms with Gasteiger partial charge in [-0.2, -0.15) is 18.3 Å². The van der Waals surface area contributed by atoms with Crippen molar-refractivity contribution in [1.29, 1.82) is 0 Å². The average Bonchev–Trinajstić information content (AvgIpc) is 2.98. The fraction of sp³-hybridized carbons (Fsp3) is 0.500. The summed E-state index contributed by atoms with van der Waals surface area (Å²) >= 11 is 1.13. The van der Waals surface area contributed by atoms with Crippen LogP contribution < -0.4 is 5.32 Å². The van der Waals surface area contributed by atoms with Gasteiger partial charge in [-0.3, -0.25) is 4.79 Å². The number of nitrogens with one attached hydrogen (secondary N) is 1. The van der Waals surface area contributed by atoms with E-state index in [1.807, 2.05) is 0 Å². The van der Waals surface area contributed by atoms with E-state index in [4.69, 9.17) is 0 Å². The number of amides is 1. The van der Waals surface area contributed by atoms with Gasteiger partial charge in [-0.15, -0.1) is 5.10 Å². The van der Waals surface area contributed by atoms with Crippen LogP contribution in [0.25, 0.3) is 0 Å². The number of nitrogens with zero attached hydrogens (tertiary/aromatic N) is 3. The lowest BCUT2D eigenvalue weighted by atomic mass is 9.70. The third-order valence-electron chi connectivity index (χ3n) is 6.58. The number of carbonyl (C=O) groups is 1. The van der Waals surface area contributed by atoms with Crippen LogP contribution in [0, 0.1) is 5.41 Å². The van der Waals surface area contributed by atoms with Gasteiger partial charge in [0.05, 0.1) is 22.7 Å². The minimum Gasteiger partial charge on any atom is -0.325 e. The summed E-state index contributed by atoms with van der Waals surface area (Å²) in [5, 5.41) is 11.5. The molecule has 0 saturated heterocycles. The number of hydrogen-bond donors (Lipinski definition) is 1. The summed E-state index contributed by atoms with van der Waals surface area (Å²) in [5.74, 6) is -0.0856. The summed E-state index contributed by atoms with van der Waals surface area (Å²) in [6.07, 6.45) is -2.32. The highest BCUT2D eigenvalue weighted by Gasteiger charge is 2.61. The second-order valence-electron chi connectivity index (χ2n) is 8.39. The van der Waals surface area contributed by atoms with E-state index >= 15 is 0 Å². The van der Waals surface area contributed by atoms with Crippen molar-refractivity contribution in [2.24, 2.45) is 5.41 Å². The SMILES string of the molecule is CC12CCC(c3nnc(SCC(=O)Nc4cccc(C(F)(F)F)c4)nc31)C2(C)C. The molecular weight excluding hydrogens is 401 g/mol. The third kappa shape index (κ3) is 3.29. The Morgan fingerprint density at radius 2 is 2.03 bits per heavy atom. The normalized spacial score (nSPS) is 24.4. The molecule has 2 unspecified atom stereocenters. The lowest BCUT2D eigenvalue weighted by Crippen LogP contribution is -2.32. The summed E-state index contributed by atoms with van der Waals surface area (Å²) in [7, 11) is 0. The molecule has 2 aliphatic carbocycles. The molecule has 4 rings (SSSR count). The maximum Gasteiger partial charge on any atom is 0.416 e. The first-order valence-corrected chi connectivity index (χ1v) is 10.4. The molecule has 1 aromatic carbocycles. The molecule has 9 heteroatoms. The molecule has 1 fully saturated rings. The molecule has 154 valence electrons. The van der Waals surface area contributed by atoms with Crippen LogP contribution >= 0.6 is 11.8 Å². The molecule has 1 aromatic heterocycles.